The summed E-state index contributed by atoms with van der Waals surface area (Å²) in [5.74, 6) is 0.716. The first-order valence-corrected chi connectivity index (χ1v) is 14.7. The molecule has 1 aliphatic heterocycles. The Hall–Kier alpha value is -3.08. The average molecular weight is 562 g/mol. The largest absolute Gasteiger partial charge is 0.392 e. The number of benzene rings is 3. The second kappa shape index (κ2) is 12.8. The first-order valence-electron chi connectivity index (χ1n) is 12.9. The molecule has 1 aromatic heterocycles. The van der Waals surface area contributed by atoms with Crippen LogP contribution in [0.3, 0.4) is 0 Å². The molecule has 0 bridgehead atoms. The van der Waals surface area contributed by atoms with E-state index in [2.05, 4.69) is 22.4 Å². The maximum atomic E-state index is 12.4. The molecule has 3 aromatic carbocycles. The van der Waals surface area contributed by atoms with Crippen LogP contribution >= 0.6 is 23.1 Å². The highest BCUT2D eigenvalue weighted by atomic mass is 32.2. The van der Waals surface area contributed by atoms with Gasteiger partial charge in [-0.15, -0.1) is 10.2 Å². The van der Waals surface area contributed by atoms with Crippen molar-refractivity contribution >= 4 is 29.0 Å². The molecule has 0 unspecified atom stereocenters. The predicted octanol–water partition coefficient (Wildman–Crippen LogP) is 5.85. The van der Waals surface area contributed by atoms with E-state index in [-0.39, 0.29) is 30.6 Å². The fourth-order valence-electron chi connectivity index (χ4n) is 4.47. The summed E-state index contributed by atoms with van der Waals surface area (Å²) in [7, 11) is 0. The summed E-state index contributed by atoms with van der Waals surface area (Å²) < 4.78 is 14.0. The molecule has 0 aliphatic carbocycles. The lowest BCUT2D eigenvalue weighted by Crippen LogP contribution is -2.38. The summed E-state index contributed by atoms with van der Waals surface area (Å²) in [4.78, 5) is 12.4. The second-order valence-electron chi connectivity index (χ2n) is 9.51. The molecule has 4 aromatic rings. The van der Waals surface area contributed by atoms with E-state index >= 15 is 0 Å². The maximum Gasteiger partial charge on any atom is 0.251 e. The zero-order valence-corrected chi connectivity index (χ0v) is 23.5. The van der Waals surface area contributed by atoms with Gasteiger partial charge in [-0.25, -0.2) is 0 Å². The third-order valence-corrected chi connectivity index (χ3v) is 8.80. The van der Waals surface area contributed by atoms with Crippen molar-refractivity contribution in [2.45, 2.75) is 49.8 Å². The van der Waals surface area contributed by atoms with Crippen molar-refractivity contribution in [3.8, 4) is 0 Å². The molecule has 202 valence electrons. The molecule has 2 heterocycles. The molecule has 5 rings (SSSR count). The zero-order valence-electron chi connectivity index (χ0n) is 21.8. The molecule has 1 fully saturated rings. The fourth-order valence-corrected chi connectivity index (χ4v) is 6.47. The third-order valence-electron chi connectivity index (χ3n) is 6.74. The Morgan fingerprint density at radius 1 is 0.949 bits per heavy atom. The smallest absolute Gasteiger partial charge is 0.251 e. The maximum absolute atomic E-state index is 12.4. The molecule has 1 saturated heterocycles. The SMILES string of the molecule is Cc1nnc(SC[C@H]2O[C@@H](c3ccc(CNC(=O)c4ccccc4)cc3)O[C@@H](c3ccc(CO)cc3)[C@H]2C)s1. The van der Waals surface area contributed by atoms with Crippen molar-refractivity contribution in [3.05, 3.63) is 112 Å². The molecule has 39 heavy (non-hydrogen) atoms. The van der Waals surface area contributed by atoms with E-state index in [1.807, 2.05) is 73.7 Å². The number of rotatable bonds is 9. The number of nitrogens with one attached hydrogen (secondary N) is 1. The molecular weight excluding hydrogens is 530 g/mol. The van der Waals surface area contributed by atoms with Gasteiger partial charge >= 0.3 is 0 Å². The van der Waals surface area contributed by atoms with Crippen LogP contribution in [0.4, 0.5) is 0 Å². The quantitative estimate of drug-likeness (QED) is 0.248. The second-order valence-corrected chi connectivity index (χ2v) is 12.0. The summed E-state index contributed by atoms with van der Waals surface area (Å²) in [5, 5.41) is 21.8. The lowest BCUT2D eigenvalue weighted by Gasteiger charge is -2.41. The van der Waals surface area contributed by atoms with Gasteiger partial charge in [0, 0.05) is 29.3 Å². The Morgan fingerprint density at radius 3 is 2.31 bits per heavy atom. The zero-order chi connectivity index (χ0) is 27.2. The minimum atomic E-state index is -0.543. The Kier molecular flexibility index (Phi) is 9.06. The lowest BCUT2D eigenvalue weighted by atomic mass is 9.91. The lowest BCUT2D eigenvalue weighted by molar-refractivity contribution is -0.268. The molecule has 2 N–H and O–H groups in total. The van der Waals surface area contributed by atoms with E-state index < -0.39 is 6.29 Å². The van der Waals surface area contributed by atoms with Gasteiger partial charge in [0.05, 0.1) is 18.8 Å². The van der Waals surface area contributed by atoms with E-state index in [0.717, 1.165) is 37.4 Å². The normalized spacial score (nSPS) is 21.0. The van der Waals surface area contributed by atoms with Gasteiger partial charge in [0.1, 0.15) is 5.01 Å². The third kappa shape index (κ3) is 6.93. The minimum Gasteiger partial charge on any atom is -0.392 e. The number of carbonyl (C=O) groups is 1. The molecule has 9 heteroatoms. The van der Waals surface area contributed by atoms with Crippen LogP contribution in [0.1, 0.15) is 56.9 Å². The van der Waals surface area contributed by atoms with E-state index in [9.17, 15) is 9.90 Å². The van der Waals surface area contributed by atoms with Crippen LogP contribution in [0.25, 0.3) is 0 Å². The molecule has 7 nitrogen and oxygen atoms in total. The van der Waals surface area contributed by atoms with Crippen molar-refractivity contribution in [2.75, 3.05) is 5.75 Å². The van der Waals surface area contributed by atoms with Crippen LogP contribution in [0, 0.1) is 12.8 Å². The summed E-state index contributed by atoms with van der Waals surface area (Å²) in [5.41, 5.74) is 4.46. The topological polar surface area (TPSA) is 93.6 Å². The number of hydrogen-bond acceptors (Lipinski definition) is 8. The standard InChI is InChI=1S/C30H31N3O4S2/c1-19-26(18-38-30-33-32-20(2)39-30)36-29(37-27(19)23-12-10-22(17-34)11-13-23)25-14-8-21(9-15-25)16-31-28(35)24-6-4-3-5-7-24/h3-15,19,26-27,29,34H,16-18H2,1-2H3,(H,31,35)/t19-,26+,27+,29+/m0/s1. The van der Waals surface area contributed by atoms with Gasteiger partial charge in [-0.3, -0.25) is 4.79 Å². The molecule has 0 saturated carbocycles. The first-order chi connectivity index (χ1) is 19.0. The van der Waals surface area contributed by atoms with Crippen LogP contribution in [-0.2, 0) is 22.6 Å². The van der Waals surface area contributed by atoms with Crippen molar-refractivity contribution in [3.63, 3.8) is 0 Å². The number of aliphatic hydroxyl groups is 1. The van der Waals surface area contributed by atoms with Gasteiger partial charge in [0.2, 0.25) is 0 Å². The number of amides is 1. The number of carbonyl (C=O) groups excluding carboxylic acids is 1. The summed E-state index contributed by atoms with van der Waals surface area (Å²) in [6.07, 6.45) is -0.799. The fraction of sp³-hybridized carbons (Fsp3) is 0.300. The van der Waals surface area contributed by atoms with Crippen molar-refractivity contribution < 1.29 is 19.4 Å². The molecule has 0 radical (unpaired) electrons. The average Bonchev–Trinajstić information content (AvgIpc) is 3.41. The van der Waals surface area contributed by atoms with Gasteiger partial charge in [-0.1, -0.05) is 96.8 Å². The molecule has 1 aliphatic rings. The van der Waals surface area contributed by atoms with Crippen molar-refractivity contribution in [1.29, 1.82) is 0 Å². The van der Waals surface area contributed by atoms with Gasteiger partial charge in [-0.05, 0) is 35.7 Å². The highest BCUT2D eigenvalue weighted by Gasteiger charge is 2.38. The monoisotopic (exact) mass is 561 g/mol. The molecular formula is C30H31N3O4S2. The summed E-state index contributed by atoms with van der Waals surface area (Å²) in [6, 6.07) is 25.1. The Bertz CT molecular complexity index is 1360. The highest BCUT2D eigenvalue weighted by Crippen LogP contribution is 2.43. The molecule has 0 spiro atoms. The van der Waals surface area contributed by atoms with E-state index in [1.54, 1.807) is 35.2 Å². The molecule has 1 amide bonds. The Labute approximate surface area is 236 Å². The minimum absolute atomic E-state index is 0.00573. The van der Waals surface area contributed by atoms with E-state index in [1.165, 1.54) is 0 Å². The number of aryl methyl sites for hydroxylation is 1. The van der Waals surface area contributed by atoms with Gasteiger partial charge in [0.15, 0.2) is 10.6 Å². The van der Waals surface area contributed by atoms with Crippen LogP contribution < -0.4 is 5.32 Å². The predicted molar refractivity (Wildman–Crippen MR) is 152 cm³/mol. The Balaban J connectivity index is 1.30. The molecule has 4 atom stereocenters. The van der Waals surface area contributed by atoms with Crippen molar-refractivity contribution in [1.82, 2.24) is 15.5 Å². The van der Waals surface area contributed by atoms with Crippen molar-refractivity contribution in [2.24, 2.45) is 5.92 Å². The number of nitrogens with zero attached hydrogens (tertiary/aromatic N) is 2. The summed E-state index contributed by atoms with van der Waals surface area (Å²) >= 11 is 3.24. The summed E-state index contributed by atoms with van der Waals surface area (Å²) in [6.45, 7) is 4.54. The van der Waals surface area contributed by atoms with Crippen LogP contribution in [0.15, 0.2) is 83.2 Å². The Morgan fingerprint density at radius 2 is 1.64 bits per heavy atom. The van der Waals surface area contributed by atoms with Gasteiger partial charge in [0.25, 0.3) is 5.91 Å². The van der Waals surface area contributed by atoms with Crippen LogP contribution in [0.5, 0.6) is 0 Å². The first kappa shape index (κ1) is 27.5. The van der Waals surface area contributed by atoms with Crippen LogP contribution in [-0.4, -0.2) is 33.1 Å². The number of hydrogen-bond donors (Lipinski definition) is 2. The number of thioether (sulfide) groups is 1. The number of aliphatic hydroxyl groups excluding tert-OH is 1. The number of aromatic nitrogens is 2. The van der Waals surface area contributed by atoms with Gasteiger partial charge < -0.3 is 19.9 Å². The van der Waals surface area contributed by atoms with E-state index in [0.29, 0.717) is 12.1 Å². The number of ether oxygens (including phenoxy) is 2. The van der Waals surface area contributed by atoms with E-state index in [4.69, 9.17) is 9.47 Å². The van der Waals surface area contributed by atoms with Crippen LogP contribution in [0.2, 0.25) is 0 Å². The highest BCUT2D eigenvalue weighted by molar-refractivity contribution is 8.01. The van der Waals surface area contributed by atoms with Gasteiger partial charge in [-0.2, -0.15) is 0 Å².